The lowest BCUT2D eigenvalue weighted by molar-refractivity contribution is -0.128. The summed E-state index contributed by atoms with van der Waals surface area (Å²) in [7, 11) is 0. The van der Waals surface area contributed by atoms with Crippen LogP contribution in [0.5, 0.6) is 5.75 Å². The second-order valence-corrected chi connectivity index (χ2v) is 6.21. The van der Waals surface area contributed by atoms with E-state index < -0.39 is 6.10 Å². The first kappa shape index (κ1) is 18.0. The Labute approximate surface area is 143 Å². The van der Waals surface area contributed by atoms with Gasteiger partial charge in [-0.3, -0.25) is 4.79 Å². The van der Waals surface area contributed by atoms with Crippen molar-refractivity contribution < 1.29 is 14.6 Å². The van der Waals surface area contributed by atoms with Crippen LogP contribution in [0.2, 0.25) is 0 Å². The van der Waals surface area contributed by atoms with E-state index in [0.29, 0.717) is 5.75 Å². The van der Waals surface area contributed by atoms with E-state index in [-0.39, 0.29) is 24.5 Å². The van der Waals surface area contributed by atoms with E-state index in [4.69, 9.17) is 4.74 Å². The minimum Gasteiger partial charge on any atom is -0.481 e. The molecule has 24 heavy (non-hydrogen) atoms. The van der Waals surface area contributed by atoms with Gasteiger partial charge in [-0.15, -0.1) is 0 Å². The highest BCUT2D eigenvalue weighted by Gasteiger charge is 2.22. The normalized spacial score (nSPS) is 13.4. The third-order valence-electron chi connectivity index (χ3n) is 3.89. The van der Waals surface area contributed by atoms with Crippen molar-refractivity contribution >= 4 is 5.91 Å². The molecule has 4 heteroatoms. The maximum Gasteiger partial charge on any atom is 0.261 e. The zero-order valence-corrected chi connectivity index (χ0v) is 14.4. The number of aliphatic hydroxyl groups excluding tert-OH is 1. The van der Waals surface area contributed by atoms with Gasteiger partial charge in [0.05, 0.1) is 12.6 Å². The molecule has 2 rings (SSSR count). The number of ether oxygens (including phenoxy) is 1. The lowest BCUT2D eigenvalue weighted by Crippen LogP contribution is -2.40. The highest BCUT2D eigenvalue weighted by Crippen LogP contribution is 2.22. The fourth-order valence-corrected chi connectivity index (χ4v) is 2.54. The summed E-state index contributed by atoms with van der Waals surface area (Å²) >= 11 is 0. The average Bonchev–Trinajstić information content (AvgIpc) is 2.60. The molecular weight excluding hydrogens is 302 g/mol. The highest BCUT2D eigenvalue weighted by molar-refractivity contribution is 5.81. The summed E-state index contributed by atoms with van der Waals surface area (Å²) in [6.07, 6.45) is -0.621. The van der Waals surface area contributed by atoms with Crippen molar-refractivity contribution in [2.24, 2.45) is 5.92 Å². The number of benzene rings is 2. The van der Waals surface area contributed by atoms with Crippen LogP contribution in [0.15, 0.2) is 54.6 Å². The van der Waals surface area contributed by atoms with Gasteiger partial charge in [0.2, 0.25) is 0 Å². The minimum atomic E-state index is -0.621. The monoisotopic (exact) mass is 327 g/mol. The van der Waals surface area contributed by atoms with E-state index in [1.165, 1.54) is 0 Å². The van der Waals surface area contributed by atoms with Crippen LogP contribution in [-0.4, -0.2) is 17.1 Å². The molecule has 0 aliphatic carbocycles. The number of carbonyl (C=O) groups excluding carboxylic acids is 1. The minimum absolute atomic E-state index is 0.0544. The number of carbonyl (C=O) groups is 1. The molecule has 128 valence electrons. The first-order chi connectivity index (χ1) is 11.5. The molecule has 0 aliphatic rings. The second-order valence-electron chi connectivity index (χ2n) is 6.21. The fraction of sp³-hybridized carbons (Fsp3) is 0.350. The Kier molecular flexibility index (Phi) is 6.38. The first-order valence-electron chi connectivity index (χ1n) is 8.23. The zero-order valence-electron chi connectivity index (χ0n) is 14.4. The molecule has 0 heterocycles. The van der Waals surface area contributed by atoms with E-state index in [1.807, 2.05) is 36.4 Å². The van der Waals surface area contributed by atoms with Crippen LogP contribution in [-0.2, 0) is 11.4 Å². The Morgan fingerprint density at radius 1 is 1.08 bits per heavy atom. The summed E-state index contributed by atoms with van der Waals surface area (Å²) in [5, 5.41) is 12.2. The molecule has 0 aromatic heterocycles. The Morgan fingerprint density at radius 2 is 1.79 bits per heavy atom. The summed E-state index contributed by atoms with van der Waals surface area (Å²) in [6.45, 7) is 5.83. The molecule has 2 aromatic carbocycles. The Morgan fingerprint density at radius 3 is 2.42 bits per heavy atom. The van der Waals surface area contributed by atoms with Gasteiger partial charge in [-0.05, 0) is 36.1 Å². The molecule has 2 aromatic rings. The van der Waals surface area contributed by atoms with Crippen molar-refractivity contribution in [3.63, 3.8) is 0 Å². The molecular formula is C20H25NO3. The molecule has 0 spiro atoms. The van der Waals surface area contributed by atoms with Gasteiger partial charge in [0.1, 0.15) is 5.75 Å². The van der Waals surface area contributed by atoms with E-state index in [0.717, 1.165) is 11.1 Å². The third-order valence-corrected chi connectivity index (χ3v) is 3.89. The molecule has 2 unspecified atom stereocenters. The maximum absolute atomic E-state index is 12.5. The molecule has 0 aliphatic heterocycles. The summed E-state index contributed by atoms with van der Waals surface area (Å²) in [5.74, 6) is 0.679. The predicted octanol–water partition coefficient (Wildman–Crippen LogP) is 3.46. The van der Waals surface area contributed by atoms with E-state index >= 15 is 0 Å². The topological polar surface area (TPSA) is 58.6 Å². The van der Waals surface area contributed by atoms with E-state index in [2.05, 4.69) is 19.2 Å². The highest BCUT2D eigenvalue weighted by atomic mass is 16.5. The van der Waals surface area contributed by atoms with Gasteiger partial charge in [0, 0.05) is 0 Å². The first-order valence-corrected chi connectivity index (χ1v) is 8.23. The molecule has 4 nitrogen and oxygen atoms in total. The predicted molar refractivity (Wildman–Crippen MR) is 94.6 cm³/mol. The van der Waals surface area contributed by atoms with Gasteiger partial charge in [-0.2, -0.15) is 0 Å². The van der Waals surface area contributed by atoms with Crippen molar-refractivity contribution in [1.29, 1.82) is 0 Å². The van der Waals surface area contributed by atoms with Gasteiger partial charge in [0.25, 0.3) is 5.91 Å². The van der Waals surface area contributed by atoms with Gasteiger partial charge >= 0.3 is 0 Å². The molecule has 0 saturated carbocycles. The van der Waals surface area contributed by atoms with Crippen molar-refractivity contribution in [3.05, 3.63) is 65.7 Å². The van der Waals surface area contributed by atoms with Crippen molar-refractivity contribution in [2.75, 3.05) is 0 Å². The Balaban J connectivity index is 2.03. The number of hydrogen-bond acceptors (Lipinski definition) is 3. The fourth-order valence-electron chi connectivity index (χ4n) is 2.54. The van der Waals surface area contributed by atoms with Crippen LogP contribution < -0.4 is 10.1 Å². The van der Waals surface area contributed by atoms with E-state index in [9.17, 15) is 9.90 Å². The quantitative estimate of drug-likeness (QED) is 0.819. The van der Waals surface area contributed by atoms with E-state index in [1.54, 1.807) is 25.1 Å². The standard InChI is InChI=1S/C20H25NO3/c1-14(2)19(17-9-5-4-6-10-17)21-20(23)15(3)24-18-11-7-8-16(12-18)13-22/h4-12,14-15,19,22H,13H2,1-3H3,(H,21,23). The Bertz CT molecular complexity index is 655. The molecule has 0 radical (unpaired) electrons. The number of nitrogens with one attached hydrogen (secondary N) is 1. The molecule has 2 atom stereocenters. The lowest BCUT2D eigenvalue weighted by atomic mass is 9.96. The van der Waals surface area contributed by atoms with Crippen molar-refractivity contribution in [3.8, 4) is 5.75 Å². The summed E-state index contributed by atoms with van der Waals surface area (Å²) < 4.78 is 5.71. The molecule has 1 amide bonds. The largest absolute Gasteiger partial charge is 0.481 e. The van der Waals surface area contributed by atoms with Crippen LogP contribution in [0, 0.1) is 5.92 Å². The van der Waals surface area contributed by atoms with Gasteiger partial charge in [-0.25, -0.2) is 0 Å². The van der Waals surface area contributed by atoms with Gasteiger partial charge < -0.3 is 15.2 Å². The number of rotatable bonds is 7. The van der Waals surface area contributed by atoms with Gasteiger partial charge in [0.15, 0.2) is 6.10 Å². The molecule has 2 N–H and O–H groups in total. The summed E-state index contributed by atoms with van der Waals surface area (Å²) in [6, 6.07) is 17.0. The van der Waals surface area contributed by atoms with Crippen LogP contribution in [0.4, 0.5) is 0 Å². The van der Waals surface area contributed by atoms with Crippen LogP contribution in [0.3, 0.4) is 0 Å². The maximum atomic E-state index is 12.5. The smallest absolute Gasteiger partial charge is 0.261 e. The van der Waals surface area contributed by atoms with Crippen LogP contribution >= 0.6 is 0 Å². The molecule has 0 fully saturated rings. The molecule has 0 bridgehead atoms. The van der Waals surface area contributed by atoms with Crippen LogP contribution in [0.1, 0.15) is 37.9 Å². The van der Waals surface area contributed by atoms with Gasteiger partial charge in [-0.1, -0.05) is 56.3 Å². The third kappa shape index (κ3) is 4.83. The lowest BCUT2D eigenvalue weighted by Gasteiger charge is -2.25. The summed E-state index contributed by atoms with van der Waals surface area (Å²) in [4.78, 5) is 12.5. The number of aliphatic hydroxyl groups is 1. The van der Waals surface area contributed by atoms with Crippen LogP contribution in [0.25, 0.3) is 0 Å². The molecule has 0 saturated heterocycles. The zero-order chi connectivity index (χ0) is 17.5. The van der Waals surface area contributed by atoms with Crippen molar-refractivity contribution in [1.82, 2.24) is 5.32 Å². The SMILES string of the molecule is CC(Oc1cccc(CO)c1)C(=O)NC(c1ccccc1)C(C)C. The number of amides is 1. The second kappa shape index (κ2) is 8.50. The Hall–Kier alpha value is -2.33. The van der Waals surface area contributed by atoms with Crippen molar-refractivity contribution in [2.45, 2.75) is 39.5 Å². The summed E-state index contributed by atoms with van der Waals surface area (Å²) in [5.41, 5.74) is 1.83. The average molecular weight is 327 g/mol. The number of hydrogen-bond donors (Lipinski definition) is 2.